The number of aryl methyl sites for hydroxylation is 1. The summed E-state index contributed by atoms with van der Waals surface area (Å²) in [5.74, 6) is -0.353. The molecule has 0 radical (unpaired) electrons. The highest BCUT2D eigenvalue weighted by Crippen LogP contribution is 2.17. The van der Waals surface area contributed by atoms with E-state index >= 15 is 0 Å². The zero-order valence-electron chi connectivity index (χ0n) is 15.7. The molecule has 3 heterocycles. The molecule has 148 valence electrons. The van der Waals surface area contributed by atoms with Crippen molar-refractivity contribution >= 4 is 11.8 Å². The number of pyridine rings is 1. The Morgan fingerprint density at radius 2 is 2.14 bits per heavy atom. The molecule has 9 heteroatoms. The van der Waals surface area contributed by atoms with E-state index in [2.05, 4.69) is 15.3 Å². The van der Waals surface area contributed by atoms with Crippen LogP contribution in [0.4, 0.5) is 0 Å². The summed E-state index contributed by atoms with van der Waals surface area (Å²) in [7, 11) is 0. The van der Waals surface area contributed by atoms with Crippen molar-refractivity contribution in [3.8, 4) is 0 Å². The normalized spacial score (nSPS) is 16.6. The van der Waals surface area contributed by atoms with Gasteiger partial charge in [0, 0.05) is 38.1 Å². The third-order valence-electron chi connectivity index (χ3n) is 4.92. The minimum Gasteiger partial charge on any atom is -0.350 e. The smallest absolute Gasteiger partial charge is 0.326 e. The Morgan fingerprint density at radius 3 is 2.89 bits per heavy atom. The Kier molecular flexibility index (Phi) is 6.03. The van der Waals surface area contributed by atoms with Gasteiger partial charge in [-0.2, -0.15) is 0 Å². The molecule has 3 rings (SSSR count). The molecule has 1 saturated heterocycles. The summed E-state index contributed by atoms with van der Waals surface area (Å²) in [6.07, 6.45) is 5.49. The van der Waals surface area contributed by atoms with Gasteiger partial charge >= 0.3 is 5.69 Å². The topological polar surface area (TPSA) is 128 Å². The van der Waals surface area contributed by atoms with E-state index < -0.39 is 17.2 Å². The number of aromatic amines is 2. The number of hydrogen-bond donors (Lipinski definition) is 3. The highest BCUT2D eigenvalue weighted by atomic mass is 16.2. The molecule has 1 fully saturated rings. The third-order valence-corrected chi connectivity index (χ3v) is 4.92. The standard InChI is InChI=1S/C19H23N5O4/c1-12-4-5-20-10-14(12)7-17(26)24-6-2-3-13(11-24)9-21-18(27)15-8-16(25)23-19(28)22-15/h4-5,8,10,13H,2-3,6-7,9,11H2,1H3,(H,21,27)(H2,22,23,25,28)/t13-/m1/s1. The lowest BCUT2D eigenvalue weighted by atomic mass is 9.97. The van der Waals surface area contributed by atoms with Gasteiger partial charge in [0.1, 0.15) is 5.69 Å². The molecule has 0 bridgehead atoms. The summed E-state index contributed by atoms with van der Waals surface area (Å²) in [6, 6.07) is 2.93. The van der Waals surface area contributed by atoms with Gasteiger partial charge in [-0.25, -0.2) is 4.79 Å². The van der Waals surface area contributed by atoms with E-state index in [1.165, 1.54) is 0 Å². The summed E-state index contributed by atoms with van der Waals surface area (Å²) < 4.78 is 0. The minimum absolute atomic E-state index is 0.0473. The second-order valence-corrected chi connectivity index (χ2v) is 7.04. The molecular formula is C19H23N5O4. The fraction of sp³-hybridized carbons (Fsp3) is 0.421. The molecule has 2 aromatic heterocycles. The average Bonchev–Trinajstić information content (AvgIpc) is 2.67. The number of carbonyl (C=O) groups excluding carboxylic acids is 2. The Morgan fingerprint density at radius 1 is 1.32 bits per heavy atom. The van der Waals surface area contributed by atoms with E-state index in [1.54, 1.807) is 12.4 Å². The largest absolute Gasteiger partial charge is 0.350 e. The van der Waals surface area contributed by atoms with Crippen molar-refractivity contribution in [2.24, 2.45) is 5.92 Å². The van der Waals surface area contributed by atoms with Gasteiger partial charge in [-0.05, 0) is 42.9 Å². The lowest BCUT2D eigenvalue weighted by Gasteiger charge is -2.33. The van der Waals surface area contributed by atoms with Crippen LogP contribution in [0.3, 0.4) is 0 Å². The van der Waals surface area contributed by atoms with Gasteiger partial charge < -0.3 is 15.2 Å². The molecule has 1 atom stereocenters. The van der Waals surface area contributed by atoms with E-state index in [9.17, 15) is 19.2 Å². The zero-order chi connectivity index (χ0) is 20.1. The summed E-state index contributed by atoms with van der Waals surface area (Å²) in [5, 5.41) is 2.73. The Hall–Kier alpha value is -3.23. The van der Waals surface area contributed by atoms with Gasteiger partial charge in [-0.1, -0.05) is 0 Å². The first-order valence-electron chi connectivity index (χ1n) is 9.21. The number of aromatic nitrogens is 3. The maximum atomic E-state index is 12.6. The lowest BCUT2D eigenvalue weighted by Crippen LogP contribution is -2.44. The Labute approximate surface area is 161 Å². The van der Waals surface area contributed by atoms with Crippen LogP contribution < -0.4 is 16.6 Å². The SMILES string of the molecule is Cc1ccncc1CC(=O)N1CCC[C@H](CNC(=O)c2cc(=O)[nH]c(=O)[nH]2)C1. The molecule has 3 N–H and O–H groups in total. The number of rotatable bonds is 5. The van der Waals surface area contributed by atoms with Crippen molar-refractivity contribution < 1.29 is 9.59 Å². The first kappa shape index (κ1) is 19.5. The number of nitrogens with one attached hydrogen (secondary N) is 3. The van der Waals surface area contributed by atoms with Crippen LogP contribution in [-0.2, 0) is 11.2 Å². The molecule has 1 aliphatic rings. The van der Waals surface area contributed by atoms with Crippen molar-refractivity contribution in [3.05, 3.63) is 62.2 Å². The fourth-order valence-corrected chi connectivity index (χ4v) is 3.34. The first-order chi connectivity index (χ1) is 13.4. The number of H-pyrrole nitrogens is 2. The number of nitrogens with zero attached hydrogens (tertiary/aromatic N) is 2. The molecular weight excluding hydrogens is 362 g/mol. The molecule has 0 unspecified atom stereocenters. The summed E-state index contributed by atoms with van der Waals surface area (Å²) in [4.78, 5) is 57.6. The van der Waals surface area contributed by atoms with Crippen molar-refractivity contribution in [2.45, 2.75) is 26.2 Å². The molecule has 0 saturated carbocycles. The summed E-state index contributed by atoms with van der Waals surface area (Å²) in [6.45, 7) is 3.58. The Balaban J connectivity index is 1.55. The molecule has 2 aromatic rings. The van der Waals surface area contributed by atoms with Gasteiger partial charge in [0.25, 0.3) is 11.5 Å². The number of likely N-dealkylation sites (tertiary alicyclic amines) is 1. The predicted octanol–water partition coefficient (Wildman–Crippen LogP) is -0.0223. The second-order valence-electron chi connectivity index (χ2n) is 7.04. The molecule has 1 aliphatic heterocycles. The Bertz CT molecular complexity index is 952. The van der Waals surface area contributed by atoms with Crippen LogP contribution in [0.1, 0.15) is 34.5 Å². The molecule has 0 spiro atoms. The monoisotopic (exact) mass is 385 g/mol. The quantitative estimate of drug-likeness (QED) is 0.666. The molecule has 2 amide bonds. The van der Waals surface area contributed by atoms with Gasteiger partial charge in [-0.15, -0.1) is 0 Å². The number of piperidine rings is 1. The molecule has 28 heavy (non-hydrogen) atoms. The first-order valence-corrected chi connectivity index (χ1v) is 9.21. The molecule has 0 aromatic carbocycles. The van der Waals surface area contributed by atoms with Crippen molar-refractivity contribution in [2.75, 3.05) is 19.6 Å². The van der Waals surface area contributed by atoms with Crippen LogP contribution in [0.5, 0.6) is 0 Å². The van der Waals surface area contributed by atoms with Gasteiger partial charge in [-0.3, -0.25) is 24.4 Å². The van der Waals surface area contributed by atoms with Crippen LogP contribution in [0.25, 0.3) is 0 Å². The highest BCUT2D eigenvalue weighted by molar-refractivity contribution is 5.92. The zero-order valence-corrected chi connectivity index (χ0v) is 15.7. The number of carbonyl (C=O) groups is 2. The van der Waals surface area contributed by atoms with Crippen LogP contribution in [0.2, 0.25) is 0 Å². The molecule has 9 nitrogen and oxygen atoms in total. The van der Waals surface area contributed by atoms with E-state index in [1.807, 2.05) is 22.9 Å². The highest BCUT2D eigenvalue weighted by Gasteiger charge is 2.24. The predicted molar refractivity (Wildman–Crippen MR) is 102 cm³/mol. The second kappa shape index (κ2) is 8.64. The molecule has 0 aliphatic carbocycles. The van der Waals surface area contributed by atoms with Gasteiger partial charge in [0.15, 0.2) is 0 Å². The van der Waals surface area contributed by atoms with E-state index in [0.717, 1.165) is 30.0 Å². The maximum Gasteiger partial charge on any atom is 0.326 e. The van der Waals surface area contributed by atoms with Crippen LogP contribution in [-0.4, -0.2) is 51.3 Å². The number of hydrogen-bond acceptors (Lipinski definition) is 5. The van der Waals surface area contributed by atoms with Crippen LogP contribution in [0.15, 0.2) is 34.1 Å². The summed E-state index contributed by atoms with van der Waals surface area (Å²) >= 11 is 0. The fourth-order valence-electron chi connectivity index (χ4n) is 3.34. The van der Waals surface area contributed by atoms with Crippen molar-refractivity contribution in [1.29, 1.82) is 0 Å². The van der Waals surface area contributed by atoms with Gasteiger partial charge in [0.05, 0.1) is 6.42 Å². The van der Waals surface area contributed by atoms with Crippen molar-refractivity contribution in [3.63, 3.8) is 0 Å². The average molecular weight is 385 g/mol. The van der Waals surface area contributed by atoms with E-state index in [0.29, 0.717) is 26.1 Å². The third kappa shape index (κ3) is 4.93. The lowest BCUT2D eigenvalue weighted by molar-refractivity contribution is -0.132. The van der Waals surface area contributed by atoms with Gasteiger partial charge in [0.2, 0.25) is 5.91 Å². The van der Waals surface area contributed by atoms with Crippen LogP contribution >= 0.6 is 0 Å². The van der Waals surface area contributed by atoms with E-state index in [4.69, 9.17) is 0 Å². The van der Waals surface area contributed by atoms with Crippen LogP contribution in [0, 0.1) is 12.8 Å². The minimum atomic E-state index is -0.724. The van der Waals surface area contributed by atoms with E-state index in [-0.39, 0.29) is 17.5 Å². The summed E-state index contributed by atoms with van der Waals surface area (Å²) in [5.41, 5.74) is 0.522. The van der Waals surface area contributed by atoms with Crippen molar-refractivity contribution in [1.82, 2.24) is 25.2 Å². The maximum absolute atomic E-state index is 12.6. The number of amides is 2.